The zero-order chi connectivity index (χ0) is 15.2. The number of anilines is 1. The Morgan fingerprint density at radius 3 is 2.81 bits per heavy atom. The largest absolute Gasteiger partial charge is 0.349 e. The number of nitrogen functional groups attached to an aromatic ring is 1. The third-order valence-corrected chi connectivity index (χ3v) is 3.99. The standard InChI is InChI=1S/C14H22ClN5O/c1-2-5-20-6-3-11(4-7-20)18-14(21)10-8-12(15)13(19-16)17-9-10/h8-9,11H,2-7,16H2,1H3,(H,17,19)(H,18,21). The molecule has 1 aromatic rings. The van der Waals surface area contributed by atoms with Crippen molar-refractivity contribution in [3.05, 3.63) is 22.8 Å². The van der Waals surface area contributed by atoms with E-state index in [2.05, 4.69) is 27.6 Å². The molecule has 0 saturated carbocycles. The predicted molar refractivity (Wildman–Crippen MR) is 84.3 cm³/mol. The minimum absolute atomic E-state index is 0.137. The molecule has 0 aromatic carbocycles. The van der Waals surface area contributed by atoms with Crippen LogP contribution < -0.4 is 16.6 Å². The van der Waals surface area contributed by atoms with Crippen molar-refractivity contribution in [2.75, 3.05) is 25.1 Å². The Balaban J connectivity index is 1.89. The molecule has 1 amide bonds. The van der Waals surface area contributed by atoms with Crippen molar-refractivity contribution in [1.82, 2.24) is 15.2 Å². The van der Waals surface area contributed by atoms with Gasteiger partial charge in [0.15, 0.2) is 5.82 Å². The fourth-order valence-electron chi connectivity index (χ4n) is 2.55. The summed E-state index contributed by atoms with van der Waals surface area (Å²) in [5.74, 6) is 5.49. The molecule has 6 nitrogen and oxygen atoms in total. The number of amides is 1. The summed E-state index contributed by atoms with van der Waals surface area (Å²) >= 11 is 5.98. The van der Waals surface area contributed by atoms with E-state index < -0.39 is 0 Å². The molecule has 0 bridgehead atoms. The highest BCUT2D eigenvalue weighted by molar-refractivity contribution is 6.33. The van der Waals surface area contributed by atoms with Crippen molar-refractivity contribution in [1.29, 1.82) is 0 Å². The minimum atomic E-state index is -0.137. The first-order chi connectivity index (χ1) is 10.1. The highest BCUT2D eigenvalue weighted by atomic mass is 35.5. The van der Waals surface area contributed by atoms with Gasteiger partial charge in [-0.1, -0.05) is 18.5 Å². The summed E-state index contributed by atoms with van der Waals surface area (Å²) in [6.07, 6.45) is 4.61. The summed E-state index contributed by atoms with van der Waals surface area (Å²) in [5.41, 5.74) is 2.83. The number of pyridine rings is 1. The highest BCUT2D eigenvalue weighted by Gasteiger charge is 2.21. The van der Waals surface area contributed by atoms with E-state index in [0.29, 0.717) is 16.4 Å². The lowest BCUT2D eigenvalue weighted by Gasteiger charge is -2.32. The Morgan fingerprint density at radius 1 is 1.52 bits per heavy atom. The van der Waals surface area contributed by atoms with Gasteiger partial charge in [0.2, 0.25) is 0 Å². The number of hydrogen-bond acceptors (Lipinski definition) is 5. The van der Waals surface area contributed by atoms with Crippen LogP contribution in [0.1, 0.15) is 36.5 Å². The number of hydrazine groups is 1. The van der Waals surface area contributed by atoms with E-state index in [4.69, 9.17) is 17.4 Å². The summed E-state index contributed by atoms with van der Waals surface area (Å²) in [6, 6.07) is 1.79. The van der Waals surface area contributed by atoms with E-state index in [1.165, 1.54) is 12.6 Å². The van der Waals surface area contributed by atoms with Crippen LogP contribution in [0.25, 0.3) is 0 Å². The van der Waals surface area contributed by atoms with Gasteiger partial charge >= 0.3 is 0 Å². The molecular weight excluding hydrogens is 290 g/mol. The molecule has 0 atom stereocenters. The van der Waals surface area contributed by atoms with E-state index in [0.717, 1.165) is 32.5 Å². The molecule has 0 spiro atoms. The van der Waals surface area contributed by atoms with Crippen LogP contribution in [-0.4, -0.2) is 41.5 Å². The van der Waals surface area contributed by atoms with Gasteiger partial charge in [0.1, 0.15) is 0 Å². The number of halogens is 1. The van der Waals surface area contributed by atoms with Gasteiger partial charge in [0, 0.05) is 25.3 Å². The monoisotopic (exact) mass is 311 g/mol. The normalized spacial score (nSPS) is 16.7. The van der Waals surface area contributed by atoms with E-state index in [1.807, 2.05) is 0 Å². The van der Waals surface area contributed by atoms with Crippen molar-refractivity contribution in [2.24, 2.45) is 5.84 Å². The highest BCUT2D eigenvalue weighted by Crippen LogP contribution is 2.19. The molecule has 7 heteroatoms. The smallest absolute Gasteiger partial charge is 0.253 e. The molecule has 1 aromatic heterocycles. The van der Waals surface area contributed by atoms with Crippen molar-refractivity contribution in [2.45, 2.75) is 32.2 Å². The first kappa shape index (κ1) is 16.0. The van der Waals surface area contributed by atoms with Crippen LogP contribution in [0.5, 0.6) is 0 Å². The average molecular weight is 312 g/mol. The van der Waals surface area contributed by atoms with Crippen molar-refractivity contribution < 1.29 is 4.79 Å². The van der Waals surface area contributed by atoms with Crippen molar-refractivity contribution in [3.8, 4) is 0 Å². The van der Waals surface area contributed by atoms with E-state index in [-0.39, 0.29) is 11.9 Å². The molecule has 0 unspecified atom stereocenters. The first-order valence-corrected chi connectivity index (χ1v) is 7.67. The number of hydrogen-bond donors (Lipinski definition) is 3. The summed E-state index contributed by atoms with van der Waals surface area (Å²) in [7, 11) is 0. The van der Waals surface area contributed by atoms with E-state index in [1.54, 1.807) is 6.07 Å². The fraction of sp³-hybridized carbons (Fsp3) is 0.571. The van der Waals surface area contributed by atoms with Crippen LogP contribution in [0, 0.1) is 0 Å². The minimum Gasteiger partial charge on any atom is -0.349 e. The average Bonchev–Trinajstić information content (AvgIpc) is 2.49. The number of aromatic nitrogens is 1. The first-order valence-electron chi connectivity index (χ1n) is 7.29. The quantitative estimate of drug-likeness (QED) is 0.568. The van der Waals surface area contributed by atoms with Crippen LogP contribution in [0.2, 0.25) is 5.02 Å². The molecule has 0 aliphatic carbocycles. The third-order valence-electron chi connectivity index (χ3n) is 3.70. The Hall–Kier alpha value is -1.37. The van der Waals surface area contributed by atoms with Crippen molar-refractivity contribution >= 4 is 23.3 Å². The lowest BCUT2D eigenvalue weighted by atomic mass is 10.0. The lowest BCUT2D eigenvalue weighted by molar-refractivity contribution is 0.0911. The summed E-state index contributed by atoms with van der Waals surface area (Å²) in [4.78, 5) is 18.6. The molecule has 1 aliphatic heterocycles. The second-order valence-corrected chi connectivity index (χ2v) is 5.70. The number of carbonyl (C=O) groups excluding carboxylic acids is 1. The molecule has 1 aliphatic rings. The van der Waals surface area contributed by atoms with Gasteiger partial charge in [-0.25, -0.2) is 10.8 Å². The Morgan fingerprint density at radius 2 is 2.24 bits per heavy atom. The maximum atomic E-state index is 12.2. The van der Waals surface area contributed by atoms with Crippen LogP contribution in [0.15, 0.2) is 12.3 Å². The van der Waals surface area contributed by atoms with E-state index in [9.17, 15) is 4.79 Å². The maximum Gasteiger partial charge on any atom is 0.253 e. The molecule has 2 heterocycles. The van der Waals surface area contributed by atoms with Gasteiger partial charge in [-0.3, -0.25) is 4.79 Å². The molecule has 4 N–H and O–H groups in total. The van der Waals surface area contributed by atoms with Gasteiger partial charge in [-0.05, 0) is 31.9 Å². The number of nitrogens with two attached hydrogens (primary N) is 1. The number of piperidine rings is 1. The third kappa shape index (κ3) is 4.30. The van der Waals surface area contributed by atoms with Crippen LogP contribution in [-0.2, 0) is 0 Å². The number of carbonyl (C=O) groups is 1. The van der Waals surface area contributed by atoms with Crippen LogP contribution in [0.4, 0.5) is 5.82 Å². The number of rotatable bonds is 5. The number of likely N-dealkylation sites (tertiary alicyclic amines) is 1. The summed E-state index contributed by atoms with van der Waals surface area (Å²) in [5, 5.41) is 3.38. The molecule has 116 valence electrons. The zero-order valence-electron chi connectivity index (χ0n) is 12.2. The molecule has 1 fully saturated rings. The van der Waals surface area contributed by atoms with Crippen LogP contribution >= 0.6 is 11.6 Å². The fourth-order valence-corrected chi connectivity index (χ4v) is 2.78. The molecule has 1 saturated heterocycles. The maximum absolute atomic E-state index is 12.2. The Kier molecular flexibility index (Phi) is 5.78. The molecule has 0 radical (unpaired) electrons. The SMILES string of the molecule is CCCN1CCC(NC(=O)c2cnc(NN)c(Cl)c2)CC1. The van der Waals surface area contributed by atoms with Gasteiger partial charge in [0.25, 0.3) is 5.91 Å². The second-order valence-electron chi connectivity index (χ2n) is 5.29. The van der Waals surface area contributed by atoms with Gasteiger partial charge in [0.05, 0.1) is 10.6 Å². The topological polar surface area (TPSA) is 83.3 Å². The lowest BCUT2D eigenvalue weighted by Crippen LogP contribution is -2.44. The van der Waals surface area contributed by atoms with Crippen LogP contribution in [0.3, 0.4) is 0 Å². The summed E-state index contributed by atoms with van der Waals surface area (Å²) in [6.45, 7) is 5.39. The van der Waals surface area contributed by atoms with E-state index >= 15 is 0 Å². The predicted octanol–water partition coefficient (Wildman–Crippen LogP) is 1.62. The van der Waals surface area contributed by atoms with Gasteiger partial charge in [-0.2, -0.15) is 0 Å². The molecule has 21 heavy (non-hydrogen) atoms. The Bertz CT molecular complexity index is 488. The molecule has 2 rings (SSSR count). The zero-order valence-corrected chi connectivity index (χ0v) is 13.0. The Labute approximate surface area is 130 Å². The van der Waals surface area contributed by atoms with Crippen molar-refractivity contribution in [3.63, 3.8) is 0 Å². The second kappa shape index (κ2) is 7.59. The number of nitrogens with one attached hydrogen (secondary N) is 2. The number of nitrogens with zero attached hydrogens (tertiary/aromatic N) is 2. The van der Waals surface area contributed by atoms with Gasteiger partial charge in [-0.15, -0.1) is 0 Å². The van der Waals surface area contributed by atoms with Gasteiger partial charge < -0.3 is 15.6 Å². The molecular formula is C14H22ClN5O. The summed E-state index contributed by atoms with van der Waals surface area (Å²) < 4.78 is 0.